The summed E-state index contributed by atoms with van der Waals surface area (Å²) in [6.07, 6.45) is 6.95. The SMILES string of the molecule is Cc1ccc(C2CCCCC2N2CCC3(CC2)C(=O)NC[C@@H]3c2ccc(Cl)c(Cl)c2)cc1. The van der Waals surface area contributed by atoms with Crippen LogP contribution in [0.5, 0.6) is 0 Å². The Kier molecular flexibility index (Phi) is 6.26. The molecular weight excluding hydrogens is 439 g/mol. The summed E-state index contributed by atoms with van der Waals surface area (Å²) in [6.45, 7) is 4.81. The van der Waals surface area contributed by atoms with E-state index in [0.717, 1.165) is 31.5 Å². The van der Waals surface area contributed by atoms with Crippen LogP contribution in [0.25, 0.3) is 0 Å². The molecule has 1 aliphatic carbocycles. The van der Waals surface area contributed by atoms with Crippen LogP contribution in [0.3, 0.4) is 0 Å². The highest BCUT2D eigenvalue weighted by atomic mass is 35.5. The Morgan fingerprint density at radius 2 is 1.62 bits per heavy atom. The van der Waals surface area contributed by atoms with Crippen molar-refractivity contribution >= 4 is 29.1 Å². The zero-order valence-electron chi connectivity index (χ0n) is 18.7. The lowest BCUT2D eigenvalue weighted by Crippen LogP contribution is -2.51. The van der Waals surface area contributed by atoms with Gasteiger partial charge in [0.2, 0.25) is 5.91 Å². The average molecular weight is 471 g/mol. The Hall–Kier alpha value is -1.55. The number of likely N-dealkylation sites (tertiary alicyclic amines) is 1. The second kappa shape index (κ2) is 9.00. The van der Waals surface area contributed by atoms with E-state index in [9.17, 15) is 4.79 Å². The van der Waals surface area contributed by atoms with Crippen LogP contribution in [0.1, 0.15) is 67.1 Å². The molecule has 3 atom stereocenters. The van der Waals surface area contributed by atoms with Crippen LogP contribution in [0, 0.1) is 12.3 Å². The van der Waals surface area contributed by atoms with Gasteiger partial charge >= 0.3 is 0 Å². The summed E-state index contributed by atoms with van der Waals surface area (Å²) in [5, 5.41) is 4.30. The van der Waals surface area contributed by atoms with Gasteiger partial charge in [-0.1, -0.05) is 71.9 Å². The number of nitrogens with zero attached hydrogens (tertiary/aromatic N) is 1. The maximum atomic E-state index is 13.1. The molecule has 2 unspecified atom stereocenters. The minimum Gasteiger partial charge on any atom is -0.355 e. The van der Waals surface area contributed by atoms with Gasteiger partial charge in [-0.3, -0.25) is 9.69 Å². The summed E-state index contributed by atoms with van der Waals surface area (Å²) in [4.78, 5) is 15.8. The number of carbonyl (C=O) groups is 1. The van der Waals surface area contributed by atoms with E-state index < -0.39 is 0 Å². The van der Waals surface area contributed by atoms with Crippen molar-refractivity contribution in [1.82, 2.24) is 10.2 Å². The van der Waals surface area contributed by atoms with Crippen LogP contribution in [0.4, 0.5) is 0 Å². The third-order valence-corrected chi connectivity index (χ3v) is 9.07. The number of piperidine rings is 1. The van der Waals surface area contributed by atoms with Crippen LogP contribution in [0.2, 0.25) is 10.0 Å². The van der Waals surface area contributed by atoms with Gasteiger partial charge in [0.1, 0.15) is 0 Å². The van der Waals surface area contributed by atoms with Crippen LogP contribution in [-0.2, 0) is 4.79 Å². The van der Waals surface area contributed by atoms with Gasteiger partial charge in [0, 0.05) is 18.5 Å². The topological polar surface area (TPSA) is 32.3 Å². The maximum absolute atomic E-state index is 13.1. The summed E-state index contributed by atoms with van der Waals surface area (Å²) in [5.74, 6) is 0.972. The molecule has 1 saturated carbocycles. The van der Waals surface area contributed by atoms with Crippen molar-refractivity contribution in [2.75, 3.05) is 19.6 Å². The van der Waals surface area contributed by atoms with E-state index in [1.54, 1.807) is 0 Å². The van der Waals surface area contributed by atoms with E-state index in [0.29, 0.717) is 28.5 Å². The first-order valence-corrected chi connectivity index (χ1v) is 12.8. The van der Waals surface area contributed by atoms with Crippen molar-refractivity contribution in [1.29, 1.82) is 0 Å². The van der Waals surface area contributed by atoms with E-state index in [-0.39, 0.29) is 17.2 Å². The Bertz CT molecular complexity index is 982. The number of amides is 1. The monoisotopic (exact) mass is 470 g/mol. The molecule has 2 aromatic carbocycles. The average Bonchev–Trinajstić information content (AvgIpc) is 3.12. The fourth-order valence-corrected chi connectivity index (χ4v) is 6.78. The van der Waals surface area contributed by atoms with Crippen molar-refractivity contribution in [2.24, 2.45) is 5.41 Å². The summed E-state index contributed by atoms with van der Waals surface area (Å²) in [6, 6.07) is 15.6. The van der Waals surface area contributed by atoms with E-state index in [1.165, 1.54) is 36.8 Å². The first-order chi connectivity index (χ1) is 15.5. The van der Waals surface area contributed by atoms with Gasteiger partial charge in [-0.15, -0.1) is 0 Å². The predicted molar refractivity (Wildman–Crippen MR) is 132 cm³/mol. The van der Waals surface area contributed by atoms with Gasteiger partial charge in [-0.05, 0) is 74.9 Å². The number of carbonyl (C=O) groups excluding carboxylic acids is 1. The molecular formula is C27H32Cl2N2O. The lowest BCUT2D eigenvalue weighted by Gasteiger charge is -2.47. The van der Waals surface area contributed by atoms with Gasteiger partial charge in [0.05, 0.1) is 15.5 Å². The molecule has 2 heterocycles. The van der Waals surface area contributed by atoms with Crippen molar-refractivity contribution in [3.05, 3.63) is 69.2 Å². The van der Waals surface area contributed by atoms with E-state index in [2.05, 4.69) is 41.4 Å². The molecule has 5 rings (SSSR count). The molecule has 5 heteroatoms. The standard InChI is InChI=1S/C27H32Cl2N2O/c1-18-6-8-19(9-7-18)21-4-2-3-5-25(21)31-14-12-27(13-15-31)22(17-30-26(27)32)20-10-11-23(28)24(29)16-20/h6-11,16,21-22,25H,2-5,12-15,17H2,1H3,(H,30,32)/t21?,22-,25?/m1/s1. The van der Waals surface area contributed by atoms with E-state index >= 15 is 0 Å². The van der Waals surface area contributed by atoms with Crippen molar-refractivity contribution in [3.8, 4) is 0 Å². The Balaban J connectivity index is 1.35. The first-order valence-electron chi connectivity index (χ1n) is 12.0. The third kappa shape index (κ3) is 3.97. The number of halogens is 2. The van der Waals surface area contributed by atoms with Gasteiger partial charge in [-0.2, -0.15) is 0 Å². The molecule has 170 valence electrons. The Morgan fingerprint density at radius 3 is 2.34 bits per heavy atom. The molecule has 3 aliphatic rings. The molecule has 2 aromatic rings. The number of aryl methyl sites for hydroxylation is 1. The summed E-state index contributed by atoms with van der Waals surface area (Å²) in [5.41, 5.74) is 3.60. The summed E-state index contributed by atoms with van der Waals surface area (Å²) >= 11 is 12.5. The van der Waals surface area contributed by atoms with Crippen molar-refractivity contribution < 1.29 is 4.79 Å². The lowest BCUT2D eigenvalue weighted by molar-refractivity contribution is -0.131. The third-order valence-electron chi connectivity index (χ3n) is 8.33. The fourth-order valence-electron chi connectivity index (χ4n) is 6.47. The molecule has 0 radical (unpaired) electrons. The highest BCUT2D eigenvalue weighted by molar-refractivity contribution is 6.42. The molecule has 1 N–H and O–H groups in total. The number of hydrogen-bond donors (Lipinski definition) is 1. The molecule has 1 amide bonds. The van der Waals surface area contributed by atoms with Gasteiger partial charge in [-0.25, -0.2) is 0 Å². The van der Waals surface area contributed by atoms with Gasteiger partial charge in [0.25, 0.3) is 0 Å². The fraction of sp³-hybridized carbons (Fsp3) is 0.519. The lowest BCUT2D eigenvalue weighted by atomic mass is 9.67. The zero-order chi connectivity index (χ0) is 22.3. The largest absolute Gasteiger partial charge is 0.355 e. The second-order valence-electron chi connectivity index (χ2n) is 10.00. The highest BCUT2D eigenvalue weighted by Crippen LogP contribution is 2.49. The summed E-state index contributed by atoms with van der Waals surface area (Å²) < 4.78 is 0. The van der Waals surface area contributed by atoms with Crippen LogP contribution < -0.4 is 5.32 Å². The number of benzene rings is 2. The molecule has 2 saturated heterocycles. The number of rotatable bonds is 3. The molecule has 0 bridgehead atoms. The zero-order valence-corrected chi connectivity index (χ0v) is 20.3. The highest BCUT2D eigenvalue weighted by Gasteiger charge is 2.52. The minimum atomic E-state index is -0.332. The van der Waals surface area contributed by atoms with Gasteiger partial charge in [0.15, 0.2) is 0 Å². The van der Waals surface area contributed by atoms with E-state index in [4.69, 9.17) is 23.2 Å². The molecule has 3 nitrogen and oxygen atoms in total. The molecule has 32 heavy (non-hydrogen) atoms. The number of hydrogen-bond acceptors (Lipinski definition) is 2. The van der Waals surface area contributed by atoms with E-state index in [1.807, 2.05) is 18.2 Å². The number of nitrogens with one attached hydrogen (secondary N) is 1. The van der Waals surface area contributed by atoms with Gasteiger partial charge < -0.3 is 5.32 Å². The molecule has 0 aromatic heterocycles. The normalized spacial score (nSPS) is 28.1. The van der Waals surface area contributed by atoms with Crippen molar-refractivity contribution in [3.63, 3.8) is 0 Å². The predicted octanol–water partition coefficient (Wildman–Crippen LogP) is 6.32. The van der Waals surface area contributed by atoms with Crippen molar-refractivity contribution in [2.45, 2.75) is 63.3 Å². The Morgan fingerprint density at radius 1 is 0.938 bits per heavy atom. The van der Waals surface area contributed by atoms with Crippen LogP contribution in [-0.4, -0.2) is 36.5 Å². The van der Waals surface area contributed by atoms with Crippen LogP contribution >= 0.6 is 23.2 Å². The maximum Gasteiger partial charge on any atom is 0.227 e. The molecule has 3 fully saturated rings. The smallest absolute Gasteiger partial charge is 0.227 e. The molecule has 2 aliphatic heterocycles. The second-order valence-corrected chi connectivity index (χ2v) is 10.8. The minimum absolute atomic E-state index is 0.158. The molecule has 1 spiro atoms. The van der Waals surface area contributed by atoms with Crippen LogP contribution in [0.15, 0.2) is 42.5 Å². The Labute approximate surface area is 201 Å². The quantitative estimate of drug-likeness (QED) is 0.568. The first kappa shape index (κ1) is 22.3. The summed E-state index contributed by atoms with van der Waals surface area (Å²) in [7, 11) is 0.